The molecule has 2 rings (SSSR count). The summed E-state index contributed by atoms with van der Waals surface area (Å²) in [5.74, 6) is 1.48. The fourth-order valence-corrected chi connectivity index (χ4v) is 2.67. The van der Waals surface area contributed by atoms with Gasteiger partial charge in [0.1, 0.15) is 30.8 Å². The third-order valence-corrected chi connectivity index (χ3v) is 4.42. The van der Waals surface area contributed by atoms with E-state index in [2.05, 4.69) is 13.8 Å². The van der Waals surface area contributed by atoms with Crippen LogP contribution in [-0.4, -0.2) is 37.0 Å². The Hall–Kier alpha value is -2.53. The van der Waals surface area contributed by atoms with Gasteiger partial charge in [-0.3, -0.25) is 4.79 Å². The van der Waals surface area contributed by atoms with Crippen molar-refractivity contribution in [3.8, 4) is 11.5 Å². The molecule has 0 aromatic heterocycles. The molecular formula is C22H28O5. The van der Waals surface area contributed by atoms with E-state index in [-0.39, 0.29) is 18.1 Å². The minimum atomic E-state index is -0.491. The molecule has 2 atom stereocenters. The highest BCUT2D eigenvalue weighted by Gasteiger charge is 2.23. The molecule has 0 saturated heterocycles. The summed E-state index contributed by atoms with van der Waals surface area (Å²) < 4.78 is 16.0. The molecule has 0 fully saturated rings. The molecular weight excluding hydrogens is 344 g/mol. The van der Waals surface area contributed by atoms with Crippen molar-refractivity contribution < 1.29 is 24.1 Å². The lowest BCUT2D eigenvalue weighted by molar-refractivity contribution is -0.134. The van der Waals surface area contributed by atoms with Gasteiger partial charge in [-0.15, -0.1) is 0 Å². The molecule has 0 bridgehead atoms. The number of carbonyl (C=O) groups is 1. The number of aliphatic hydroxyl groups is 1. The Kier molecular flexibility index (Phi) is 7.25. The highest BCUT2D eigenvalue weighted by molar-refractivity contribution is 5.42. The minimum absolute atomic E-state index is 0.185. The summed E-state index contributed by atoms with van der Waals surface area (Å²) in [6.07, 6.45) is -0.775. The lowest BCUT2D eigenvalue weighted by atomic mass is 9.78. The van der Waals surface area contributed by atoms with Crippen LogP contribution < -0.4 is 9.47 Å². The molecule has 0 aliphatic rings. The van der Waals surface area contributed by atoms with Gasteiger partial charge in [-0.1, -0.05) is 38.1 Å². The summed E-state index contributed by atoms with van der Waals surface area (Å²) in [5, 5.41) is 9.31. The van der Waals surface area contributed by atoms with Crippen LogP contribution in [0.3, 0.4) is 0 Å². The predicted molar refractivity (Wildman–Crippen MR) is 104 cm³/mol. The fourth-order valence-electron chi connectivity index (χ4n) is 2.67. The molecule has 0 aliphatic carbocycles. The van der Waals surface area contributed by atoms with Gasteiger partial charge in [-0.05, 0) is 49.2 Å². The Morgan fingerprint density at radius 3 is 1.74 bits per heavy atom. The topological polar surface area (TPSA) is 65.0 Å². The first-order valence-electron chi connectivity index (χ1n) is 9.06. The quantitative estimate of drug-likeness (QED) is 0.644. The smallest absolute Gasteiger partial charge is 0.293 e. The minimum Gasteiger partial charge on any atom is -0.491 e. The third-order valence-electron chi connectivity index (χ3n) is 4.42. The lowest BCUT2D eigenvalue weighted by Gasteiger charge is -2.26. The summed E-state index contributed by atoms with van der Waals surface area (Å²) in [5.41, 5.74) is 2.13. The first-order chi connectivity index (χ1) is 12.8. The zero-order valence-electron chi connectivity index (χ0n) is 16.3. The van der Waals surface area contributed by atoms with Crippen LogP contribution in [0.5, 0.6) is 11.5 Å². The number of hydrogen-bond acceptors (Lipinski definition) is 5. The van der Waals surface area contributed by atoms with E-state index in [1.807, 2.05) is 48.5 Å². The van der Waals surface area contributed by atoms with Crippen molar-refractivity contribution in [3.05, 3.63) is 59.7 Å². The van der Waals surface area contributed by atoms with Gasteiger partial charge in [0.25, 0.3) is 6.47 Å². The fraction of sp³-hybridized carbons (Fsp3) is 0.409. The standard InChI is InChI=1S/C22H28O5/c1-16(24)13-25-20-9-5-18(6-10-20)22(3,4)19-7-11-21(12-8-19)26-14-17(2)27-15-23/h5-12,15-17,24H,13-14H2,1-4H3. The second kappa shape index (κ2) is 9.42. The van der Waals surface area contributed by atoms with Gasteiger partial charge in [-0.25, -0.2) is 0 Å². The van der Waals surface area contributed by atoms with Crippen molar-refractivity contribution in [1.82, 2.24) is 0 Å². The van der Waals surface area contributed by atoms with Crippen molar-refractivity contribution in [1.29, 1.82) is 0 Å². The second-order valence-corrected chi connectivity index (χ2v) is 7.19. The van der Waals surface area contributed by atoms with Crippen LogP contribution >= 0.6 is 0 Å². The molecule has 2 unspecified atom stereocenters. The Morgan fingerprint density at radius 2 is 1.33 bits per heavy atom. The van der Waals surface area contributed by atoms with Crippen LogP contribution in [0.2, 0.25) is 0 Å². The third kappa shape index (κ3) is 6.00. The van der Waals surface area contributed by atoms with Gasteiger partial charge in [0, 0.05) is 5.41 Å². The molecule has 0 amide bonds. The lowest BCUT2D eigenvalue weighted by Crippen LogP contribution is -2.19. The van der Waals surface area contributed by atoms with Crippen molar-refractivity contribution in [2.24, 2.45) is 0 Å². The predicted octanol–water partition coefficient (Wildman–Crippen LogP) is 3.71. The highest BCUT2D eigenvalue weighted by atomic mass is 16.6. The first-order valence-corrected chi connectivity index (χ1v) is 9.06. The van der Waals surface area contributed by atoms with Crippen molar-refractivity contribution in [2.75, 3.05) is 13.2 Å². The maximum Gasteiger partial charge on any atom is 0.293 e. The van der Waals surface area contributed by atoms with Crippen LogP contribution in [-0.2, 0) is 14.9 Å². The Balaban J connectivity index is 2.03. The maximum atomic E-state index is 10.3. The van der Waals surface area contributed by atoms with E-state index in [0.29, 0.717) is 13.1 Å². The number of benzene rings is 2. The van der Waals surface area contributed by atoms with E-state index in [9.17, 15) is 9.90 Å². The molecule has 146 valence electrons. The van der Waals surface area contributed by atoms with E-state index in [1.165, 1.54) is 0 Å². The molecule has 0 aliphatic heterocycles. The summed E-state index contributed by atoms with van der Waals surface area (Å²) in [6, 6.07) is 15.9. The number of rotatable bonds is 10. The molecule has 0 saturated carbocycles. The van der Waals surface area contributed by atoms with E-state index in [4.69, 9.17) is 14.2 Å². The summed E-state index contributed by atoms with van der Waals surface area (Å²) in [7, 11) is 0. The summed E-state index contributed by atoms with van der Waals surface area (Å²) in [6.45, 7) is 8.82. The van der Waals surface area contributed by atoms with Crippen LogP contribution in [0.25, 0.3) is 0 Å². The average Bonchev–Trinajstić information content (AvgIpc) is 2.65. The van der Waals surface area contributed by atoms with E-state index >= 15 is 0 Å². The van der Waals surface area contributed by atoms with Crippen molar-refractivity contribution >= 4 is 6.47 Å². The second-order valence-electron chi connectivity index (χ2n) is 7.19. The van der Waals surface area contributed by atoms with Crippen LogP contribution in [0.15, 0.2) is 48.5 Å². The molecule has 0 radical (unpaired) electrons. The molecule has 5 heteroatoms. The van der Waals surface area contributed by atoms with E-state index < -0.39 is 6.10 Å². The van der Waals surface area contributed by atoms with Crippen molar-refractivity contribution in [2.45, 2.75) is 45.3 Å². The molecule has 0 heterocycles. The molecule has 27 heavy (non-hydrogen) atoms. The van der Waals surface area contributed by atoms with Gasteiger partial charge in [-0.2, -0.15) is 0 Å². The van der Waals surface area contributed by atoms with Gasteiger partial charge >= 0.3 is 0 Å². The summed E-state index contributed by atoms with van der Waals surface area (Å²) >= 11 is 0. The van der Waals surface area contributed by atoms with Crippen LogP contribution in [0, 0.1) is 0 Å². The molecule has 0 spiro atoms. The first kappa shape index (κ1) is 20.8. The summed E-state index contributed by atoms with van der Waals surface area (Å²) in [4.78, 5) is 10.3. The van der Waals surface area contributed by atoms with E-state index in [1.54, 1.807) is 13.8 Å². The SMILES string of the molecule is CC(O)COc1ccc(C(C)(C)c2ccc(OCC(C)OC=O)cc2)cc1. The monoisotopic (exact) mass is 372 g/mol. The van der Waals surface area contributed by atoms with Gasteiger partial charge in [0.05, 0.1) is 6.10 Å². The Morgan fingerprint density at radius 1 is 0.889 bits per heavy atom. The van der Waals surface area contributed by atoms with Crippen LogP contribution in [0.1, 0.15) is 38.8 Å². The highest BCUT2D eigenvalue weighted by Crippen LogP contribution is 2.33. The Labute approximate surface area is 160 Å². The molecule has 1 N–H and O–H groups in total. The number of hydrogen-bond donors (Lipinski definition) is 1. The molecule has 2 aromatic rings. The van der Waals surface area contributed by atoms with Crippen molar-refractivity contribution in [3.63, 3.8) is 0 Å². The zero-order valence-corrected chi connectivity index (χ0v) is 16.3. The Bertz CT molecular complexity index is 704. The number of ether oxygens (including phenoxy) is 3. The largest absolute Gasteiger partial charge is 0.491 e. The van der Waals surface area contributed by atoms with Crippen LogP contribution in [0.4, 0.5) is 0 Å². The van der Waals surface area contributed by atoms with Gasteiger partial charge < -0.3 is 19.3 Å². The zero-order chi connectivity index (χ0) is 19.9. The van der Waals surface area contributed by atoms with E-state index in [0.717, 1.165) is 22.6 Å². The normalized spacial score (nSPS) is 13.5. The number of aliphatic hydroxyl groups excluding tert-OH is 1. The van der Waals surface area contributed by atoms with Gasteiger partial charge in [0.2, 0.25) is 0 Å². The number of carbonyl (C=O) groups excluding carboxylic acids is 1. The maximum absolute atomic E-state index is 10.3. The average molecular weight is 372 g/mol. The molecule has 2 aromatic carbocycles. The van der Waals surface area contributed by atoms with Gasteiger partial charge in [0.15, 0.2) is 0 Å². The molecule has 5 nitrogen and oxygen atoms in total.